The molecule has 1 aromatic rings. The van der Waals surface area contributed by atoms with Crippen LogP contribution in [0.15, 0.2) is 24.3 Å². The van der Waals surface area contributed by atoms with Gasteiger partial charge in [-0.05, 0) is 44.1 Å². The van der Waals surface area contributed by atoms with E-state index < -0.39 is 31.0 Å². The molecule has 0 radical (unpaired) electrons. The highest BCUT2D eigenvalue weighted by Gasteiger charge is 2.50. The Morgan fingerprint density at radius 2 is 1.76 bits per heavy atom. The molecule has 1 fully saturated rings. The number of amides is 1. The molecule has 1 aromatic carbocycles. The van der Waals surface area contributed by atoms with E-state index in [9.17, 15) is 19.7 Å². The number of nitrogens with zero attached hydrogens (tertiary/aromatic N) is 1. The van der Waals surface area contributed by atoms with E-state index in [1.807, 2.05) is 6.92 Å². The van der Waals surface area contributed by atoms with Gasteiger partial charge in [-0.15, -0.1) is 0 Å². The summed E-state index contributed by atoms with van der Waals surface area (Å²) in [5.41, 5.74) is -0.0826. The third kappa shape index (κ3) is 5.02. The SMILES string of the molecule is C[C@@H](O[Si](C)(C)C(C)(C)C)[C@H]1C(=O)N[C@@H]1[C@@H](C)C(=O)Oc1ccc([N+](=O)[O-])cc1. The van der Waals surface area contributed by atoms with Crippen LogP contribution in [-0.2, 0) is 14.0 Å². The molecule has 1 N–H and O–H groups in total. The zero-order valence-corrected chi connectivity index (χ0v) is 19.0. The highest BCUT2D eigenvalue weighted by atomic mass is 28.4. The maximum Gasteiger partial charge on any atom is 0.316 e. The number of nitrogens with one attached hydrogen (secondary N) is 1. The monoisotopic (exact) mass is 422 g/mol. The molecule has 0 bridgehead atoms. The lowest BCUT2D eigenvalue weighted by atomic mass is 9.79. The van der Waals surface area contributed by atoms with E-state index >= 15 is 0 Å². The van der Waals surface area contributed by atoms with E-state index in [4.69, 9.17) is 9.16 Å². The van der Waals surface area contributed by atoms with Crippen molar-refractivity contribution in [2.45, 2.75) is 64.9 Å². The minimum atomic E-state index is -2.06. The largest absolute Gasteiger partial charge is 0.426 e. The van der Waals surface area contributed by atoms with Crippen molar-refractivity contribution in [2.75, 3.05) is 0 Å². The smallest absolute Gasteiger partial charge is 0.316 e. The van der Waals surface area contributed by atoms with Gasteiger partial charge in [-0.1, -0.05) is 20.8 Å². The predicted octanol–water partition coefficient (Wildman–Crippen LogP) is 3.66. The van der Waals surface area contributed by atoms with Crippen molar-refractivity contribution in [1.29, 1.82) is 0 Å². The van der Waals surface area contributed by atoms with Crippen LogP contribution in [0.3, 0.4) is 0 Å². The molecule has 8 nitrogen and oxygen atoms in total. The summed E-state index contributed by atoms with van der Waals surface area (Å²) in [5.74, 6) is -1.42. The van der Waals surface area contributed by atoms with Gasteiger partial charge >= 0.3 is 5.97 Å². The van der Waals surface area contributed by atoms with Crippen molar-refractivity contribution in [1.82, 2.24) is 5.32 Å². The van der Waals surface area contributed by atoms with E-state index in [2.05, 4.69) is 39.2 Å². The lowest BCUT2D eigenvalue weighted by Crippen LogP contribution is -2.67. The fraction of sp³-hybridized carbons (Fsp3) is 0.600. The first-order valence-corrected chi connectivity index (χ1v) is 12.6. The van der Waals surface area contributed by atoms with Gasteiger partial charge in [0.15, 0.2) is 8.32 Å². The van der Waals surface area contributed by atoms with Gasteiger partial charge in [0.05, 0.1) is 28.9 Å². The second-order valence-corrected chi connectivity index (χ2v) is 13.9. The third-order valence-corrected chi connectivity index (χ3v) is 10.5. The zero-order valence-electron chi connectivity index (χ0n) is 18.0. The lowest BCUT2D eigenvalue weighted by Gasteiger charge is -2.46. The molecule has 2 rings (SSSR count). The van der Waals surface area contributed by atoms with Crippen LogP contribution < -0.4 is 10.1 Å². The Balaban J connectivity index is 2.04. The van der Waals surface area contributed by atoms with Crippen molar-refractivity contribution < 1.29 is 23.7 Å². The number of esters is 1. The third-order valence-electron chi connectivity index (χ3n) is 5.97. The fourth-order valence-corrected chi connectivity index (χ4v) is 4.49. The number of nitro groups is 1. The molecule has 0 saturated carbocycles. The average Bonchev–Trinajstić information content (AvgIpc) is 2.57. The average molecular weight is 423 g/mol. The number of hydrogen-bond donors (Lipinski definition) is 1. The molecule has 0 aliphatic carbocycles. The summed E-state index contributed by atoms with van der Waals surface area (Å²) < 4.78 is 11.7. The first-order valence-electron chi connectivity index (χ1n) is 9.69. The summed E-state index contributed by atoms with van der Waals surface area (Å²) in [6, 6.07) is 4.92. The van der Waals surface area contributed by atoms with E-state index in [0.717, 1.165) is 0 Å². The van der Waals surface area contributed by atoms with Crippen LogP contribution in [0.25, 0.3) is 0 Å². The maximum absolute atomic E-state index is 12.5. The lowest BCUT2D eigenvalue weighted by molar-refractivity contribution is -0.384. The molecule has 1 amide bonds. The van der Waals surface area contributed by atoms with Gasteiger partial charge in [-0.2, -0.15) is 0 Å². The van der Waals surface area contributed by atoms with Crippen LogP contribution >= 0.6 is 0 Å². The van der Waals surface area contributed by atoms with E-state index in [1.54, 1.807) is 6.92 Å². The molecule has 1 aliphatic rings. The van der Waals surface area contributed by atoms with Crippen molar-refractivity contribution >= 4 is 25.9 Å². The highest BCUT2D eigenvalue weighted by Crippen LogP contribution is 2.39. The molecule has 160 valence electrons. The van der Waals surface area contributed by atoms with Gasteiger partial charge in [-0.25, -0.2) is 0 Å². The van der Waals surface area contributed by atoms with E-state index in [1.165, 1.54) is 24.3 Å². The van der Waals surface area contributed by atoms with Gasteiger partial charge in [0, 0.05) is 12.1 Å². The number of nitro benzene ring substituents is 1. The second-order valence-electron chi connectivity index (χ2n) is 9.10. The number of benzene rings is 1. The Morgan fingerprint density at radius 3 is 2.21 bits per heavy atom. The van der Waals surface area contributed by atoms with Crippen molar-refractivity contribution in [3.63, 3.8) is 0 Å². The molecular formula is C20H30N2O6Si. The topological polar surface area (TPSA) is 108 Å². The first kappa shape index (κ1) is 23.0. The standard InChI is InChI=1S/C20H30N2O6Si/c1-12(19(24)27-15-10-8-14(9-11-15)22(25)26)17-16(18(23)21-17)13(2)28-29(6,7)20(3,4)5/h8-13,16-17H,1-7H3,(H,21,23)/t12-,13-,16-,17-/m1/s1. The Bertz CT molecular complexity index is 787. The molecular weight excluding hydrogens is 392 g/mol. The Kier molecular flexibility index (Phi) is 6.54. The molecule has 1 saturated heterocycles. The van der Waals surface area contributed by atoms with Crippen LogP contribution in [0.2, 0.25) is 18.1 Å². The minimum Gasteiger partial charge on any atom is -0.426 e. The van der Waals surface area contributed by atoms with Crippen LogP contribution in [0.1, 0.15) is 34.6 Å². The molecule has 4 atom stereocenters. The van der Waals surface area contributed by atoms with Gasteiger partial charge < -0.3 is 14.5 Å². The van der Waals surface area contributed by atoms with Gasteiger partial charge in [0.1, 0.15) is 5.75 Å². The number of β-lactam (4-membered cyclic amide) rings is 1. The second kappa shape index (κ2) is 8.23. The fourth-order valence-electron chi connectivity index (χ4n) is 3.06. The van der Waals surface area contributed by atoms with Gasteiger partial charge in [0.25, 0.3) is 5.69 Å². The molecule has 1 aliphatic heterocycles. The van der Waals surface area contributed by atoms with Crippen molar-refractivity contribution in [3.8, 4) is 5.75 Å². The Labute approximate surface area is 172 Å². The molecule has 1 heterocycles. The number of hydrogen-bond acceptors (Lipinski definition) is 6. The van der Waals surface area contributed by atoms with E-state index in [0.29, 0.717) is 0 Å². The molecule has 29 heavy (non-hydrogen) atoms. The predicted molar refractivity (Wildman–Crippen MR) is 111 cm³/mol. The number of rotatable bonds is 7. The van der Waals surface area contributed by atoms with Crippen LogP contribution in [0.4, 0.5) is 5.69 Å². The normalized spacial score (nSPS) is 21.6. The summed E-state index contributed by atoms with van der Waals surface area (Å²) in [5, 5.41) is 13.5. The van der Waals surface area contributed by atoms with Crippen LogP contribution in [0, 0.1) is 22.0 Å². The summed E-state index contributed by atoms with van der Waals surface area (Å²) >= 11 is 0. The summed E-state index contributed by atoms with van der Waals surface area (Å²) in [4.78, 5) is 35.0. The van der Waals surface area contributed by atoms with Gasteiger partial charge in [-0.3, -0.25) is 19.7 Å². The van der Waals surface area contributed by atoms with Crippen LogP contribution in [0.5, 0.6) is 5.75 Å². The molecule has 0 unspecified atom stereocenters. The number of carbonyl (C=O) groups excluding carboxylic acids is 2. The summed E-state index contributed by atoms with van der Waals surface area (Å²) in [6.45, 7) is 14.2. The zero-order chi connectivity index (χ0) is 22.1. The number of carbonyl (C=O) groups is 2. The molecule has 9 heteroatoms. The summed E-state index contributed by atoms with van der Waals surface area (Å²) in [7, 11) is -2.06. The van der Waals surface area contributed by atoms with E-state index in [-0.39, 0.29) is 34.5 Å². The number of ether oxygens (including phenoxy) is 1. The quantitative estimate of drug-likeness (QED) is 0.179. The Morgan fingerprint density at radius 1 is 1.21 bits per heavy atom. The highest BCUT2D eigenvalue weighted by molar-refractivity contribution is 6.74. The molecule has 0 spiro atoms. The Hall–Kier alpha value is -2.26. The van der Waals surface area contributed by atoms with Crippen LogP contribution in [-0.4, -0.2) is 37.3 Å². The summed E-state index contributed by atoms with van der Waals surface area (Å²) in [6.07, 6.45) is -0.315. The van der Waals surface area contributed by atoms with Gasteiger partial charge in [0.2, 0.25) is 5.91 Å². The first-order chi connectivity index (χ1) is 13.2. The molecule has 0 aromatic heterocycles. The minimum absolute atomic E-state index is 0.0114. The van der Waals surface area contributed by atoms with Crippen molar-refractivity contribution in [2.24, 2.45) is 11.8 Å². The maximum atomic E-state index is 12.5. The number of non-ortho nitro benzene ring substituents is 1. The van der Waals surface area contributed by atoms with Crippen molar-refractivity contribution in [3.05, 3.63) is 34.4 Å².